The van der Waals surface area contributed by atoms with Crippen molar-refractivity contribution in [2.24, 2.45) is 5.73 Å². The zero-order valence-electron chi connectivity index (χ0n) is 20.4. The van der Waals surface area contributed by atoms with Crippen molar-refractivity contribution in [1.29, 1.82) is 0 Å². The van der Waals surface area contributed by atoms with Crippen molar-refractivity contribution < 1.29 is 23.9 Å². The lowest BCUT2D eigenvalue weighted by Gasteiger charge is -2.27. The molecule has 37 heavy (non-hydrogen) atoms. The molecule has 8 nitrogen and oxygen atoms in total. The SMILES string of the molecule is NCC(O)CNC(=O)[C@@H](Cc1ccc2ccccc2c1)NC(=O)[C@@H]1CCCN1C(=O)c1ccc(F)cc1. The summed E-state index contributed by atoms with van der Waals surface area (Å²) in [4.78, 5) is 40.9. The molecule has 1 saturated heterocycles. The van der Waals surface area contributed by atoms with Crippen LogP contribution in [0.5, 0.6) is 0 Å². The number of hydrogen-bond donors (Lipinski definition) is 4. The van der Waals surface area contributed by atoms with E-state index in [1.165, 1.54) is 29.2 Å². The molecule has 3 aromatic carbocycles. The van der Waals surface area contributed by atoms with E-state index in [0.29, 0.717) is 24.9 Å². The predicted octanol–water partition coefficient (Wildman–Crippen LogP) is 1.75. The maximum absolute atomic E-state index is 13.3. The standard InChI is InChI=1S/C28H31FN4O4/c29-22-11-9-20(10-12-22)28(37)33-13-3-6-25(33)27(36)32-24(26(35)31-17-23(34)16-30)15-18-7-8-19-4-1-2-5-21(19)14-18/h1-2,4-5,7-12,14,23-25,34H,3,6,13,15-17,30H2,(H,31,35)(H,32,36)/t23?,24-,25+/m1/s1. The summed E-state index contributed by atoms with van der Waals surface area (Å²) in [5.74, 6) is -1.70. The minimum atomic E-state index is -0.929. The fourth-order valence-corrected chi connectivity index (χ4v) is 4.54. The highest BCUT2D eigenvalue weighted by Gasteiger charge is 2.36. The number of fused-ring (bicyclic) bond motifs is 1. The highest BCUT2D eigenvalue weighted by molar-refractivity contribution is 5.98. The molecule has 0 aliphatic carbocycles. The first-order valence-corrected chi connectivity index (χ1v) is 12.4. The summed E-state index contributed by atoms with van der Waals surface area (Å²) in [7, 11) is 0. The van der Waals surface area contributed by atoms with Crippen molar-refractivity contribution in [3.05, 3.63) is 83.7 Å². The summed E-state index contributed by atoms with van der Waals surface area (Å²) in [6.45, 7) is 0.334. The van der Waals surface area contributed by atoms with Gasteiger partial charge in [-0.1, -0.05) is 42.5 Å². The molecule has 3 atom stereocenters. The molecule has 5 N–H and O–H groups in total. The second-order valence-corrected chi connectivity index (χ2v) is 9.24. The molecule has 3 aromatic rings. The number of likely N-dealkylation sites (tertiary alicyclic amines) is 1. The van der Waals surface area contributed by atoms with Crippen LogP contribution in [0.2, 0.25) is 0 Å². The topological polar surface area (TPSA) is 125 Å². The minimum absolute atomic E-state index is 0.00941. The largest absolute Gasteiger partial charge is 0.390 e. The molecule has 1 fully saturated rings. The second-order valence-electron chi connectivity index (χ2n) is 9.24. The van der Waals surface area contributed by atoms with E-state index < -0.39 is 35.8 Å². The average molecular weight is 507 g/mol. The number of nitrogens with two attached hydrogens (primary N) is 1. The van der Waals surface area contributed by atoms with Crippen LogP contribution >= 0.6 is 0 Å². The zero-order chi connectivity index (χ0) is 26.4. The number of halogens is 1. The van der Waals surface area contributed by atoms with E-state index in [2.05, 4.69) is 10.6 Å². The Morgan fingerprint density at radius 3 is 2.51 bits per heavy atom. The van der Waals surface area contributed by atoms with Crippen molar-refractivity contribution in [3.63, 3.8) is 0 Å². The molecule has 0 bridgehead atoms. The molecule has 4 rings (SSSR count). The van der Waals surface area contributed by atoms with Crippen LogP contribution in [-0.2, 0) is 16.0 Å². The number of nitrogens with one attached hydrogen (secondary N) is 2. The van der Waals surface area contributed by atoms with Crippen LogP contribution in [0.1, 0.15) is 28.8 Å². The van der Waals surface area contributed by atoms with Crippen LogP contribution in [0.15, 0.2) is 66.7 Å². The van der Waals surface area contributed by atoms with Crippen LogP contribution in [-0.4, -0.2) is 65.5 Å². The van der Waals surface area contributed by atoms with Gasteiger partial charge in [-0.15, -0.1) is 0 Å². The van der Waals surface area contributed by atoms with Crippen LogP contribution in [0, 0.1) is 5.82 Å². The summed E-state index contributed by atoms with van der Waals surface area (Å²) in [6, 6.07) is 17.2. The summed E-state index contributed by atoms with van der Waals surface area (Å²) in [5, 5.41) is 17.3. The van der Waals surface area contributed by atoms with Gasteiger partial charge in [-0.2, -0.15) is 0 Å². The van der Waals surface area contributed by atoms with Gasteiger partial charge >= 0.3 is 0 Å². The van der Waals surface area contributed by atoms with Gasteiger partial charge in [0.05, 0.1) is 6.10 Å². The summed E-state index contributed by atoms with van der Waals surface area (Å²) in [6.07, 6.45) is 0.406. The Morgan fingerprint density at radius 1 is 1.05 bits per heavy atom. The van der Waals surface area contributed by atoms with Gasteiger partial charge in [0.2, 0.25) is 11.8 Å². The Balaban J connectivity index is 1.51. The average Bonchev–Trinajstić information content (AvgIpc) is 3.41. The first-order chi connectivity index (χ1) is 17.9. The van der Waals surface area contributed by atoms with Gasteiger partial charge in [0.15, 0.2) is 0 Å². The Hall–Kier alpha value is -3.82. The third-order valence-electron chi connectivity index (χ3n) is 6.58. The van der Waals surface area contributed by atoms with E-state index in [0.717, 1.165) is 16.3 Å². The molecule has 194 valence electrons. The second kappa shape index (κ2) is 11.9. The first-order valence-electron chi connectivity index (χ1n) is 12.4. The lowest BCUT2D eigenvalue weighted by molar-refractivity contribution is -0.131. The fraction of sp³-hybridized carbons (Fsp3) is 0.321. The predicted molar refractivity (Wildman–Crippen MR) is 138 cm³/mol. The van der Waals surface area contributed by atoms with Crippen LogP contribution in [0.3, 0.4) is 0 Å². The minimum Gasteiger partial charge on any atom is -0.390 e. The van der Waals surface area contributed by atoms with Crippen molar-refractivity contribution >= 4 is 28.5 Å². The quantitative estimate of drug-likeness (QED) is 0.352. The van der Waals surface area contributed by atoms with Gasteiger partial charge in [0.25, 0.3) is 5.91 Å². The smallest absolute Gasteiger partial charge is 0.254 e. The van der Waals surface area contributed by atoms with E-state index in [1.807, 2.05) is 42.5 Å². The number of nitrogens with zero attached hydrogens (tertiary/aromatic N) is 1. The van der Waals surface area contributed by atoms with Gasteiger partial charge in [-0.05, 0) is 53.4 Å². The van der Waals surface area contributed by atoms with E-state index in [9.17, 15) is 23.9 Å². The van der Waals surface area contributed by atoms with Crippen molar-refractivity contribution in [1.82, 2.24) is 15.5 Å². The molecule has 3 amide bonds. The Bertz CT molecular complexity index is 1270. The van der Waals surface area contributed by atoms with Crippen LogP contribution in [0.4, 0.5) is 4.39 Å². The number of benzene rings is 3. The third kappa shape index (κ3) is 6.49. The van der Waals surface area contributed by atoms with E-state index >= 15 is 0 Å². The Kier molecular flexibility index (Phi) is 8.47. The molecular formula is C28H31FN4O4. The summed E-state index contributed by atoms with van der Waals surface area (Å²) in [5.41, 5.74) is 6.59. The molecule has 9 heteroatoms. The van der Waals surface area contributed by atoms with Crippen molar-refractivity contribution in [3.8, 4) is 0 Å². The zero-order valence-corrected chi connectivity index (χ0v) is 20.4. The van der Waals surface area contributed by atoms with Crippen molar-refractivity contribution in [2.75, 3.05) is 19.6 Å². The molecule has 0 spiro atoms. The number of amides is 3. The molecule has 0 saturated carbocycles. The number of hydrogen-bond acceptors (Lipinski definition) is 5. The molecular weight excluding hydrogens is 475 g/mol. The molecule has 1 aliphatic heterocycles. The molecule has 1 aliphatic rings. The number of aliphatic hydroxyl groups is 1. The Labute approximate surface area is 214 Å². The fourth-order valence-electron chi connectivity index (χ4n) is 4.54. The molecule has 0 radical (unpaired) electrons. The maximum atomic E-state index is 13.3. The normalized spacial score (nSPS) is 16.8. The third-order valence-corrected chi connectivity index (χ3v) is 6.58. The number of aliphatic hydroxyl groups excluding tert-OH is 1. The lowest BCUT2D eigenvalue weighted by Crippen LogP contribution is -2.54. The van der Waals surface area contributed by atoms with Crippen LogP contribution in [0.25, 0.3) is 10.8 Å². The number of carbonyl (C=O) groups is 3. The monoisotopic (exact) mass is 506 g/mol. The van der Waals surface area contributed by atoms with Crippen molar-refractivity contribution in [2.45, 2.75) is 37.5 Å². The highest BCUT2D eigenvalue weighted by Crippen LogP contribution is 2.22. The molecule has 1 heterocycles. The van der Waals surface area contributed by atoms with E-state index in [4.69, 9.17) is 5.73 Å². The van der Waals surface area contributed by atoms with Gasteiger partial charge in [0, 0.05) is 31.6 Å². The summed E-state index contributed by atoms with van der Waals surface area (Å²) >= 11 is 0. The van der Waals surface area contributed by atoms with Gasteiger partial charge in [-0.3, -0.25) is 14.4 Å². The Morgan fingerprint density at radius 2 is 1.78 bits per heavy atom. The first kappa shape index (κ1) is 26.2. The highest BCUT2D eigenvalue weighted by atomic mass is 19.1. The van der Waals surface area contributed by atoms with Gasteiger partial charge < -0.3 is 26.4 Å². The van der Waals surface area contributed by atoms with E-state index in [-0.39, 0.29) is 25.4 Å². The van der Waals surface area contributed by atoms with Gasteiger partial charge in [0.1, 0.15) is 17.9 Å². The van der Waals surface area contributed by atoms with Gasteiger partial charge in [-0.25, -0.2) is 4.39 Å². The van der Waals surface area contributed by atoms with E-state index in [1.54, 1.807) is 0 Å². The number of carbonyl (C=O) groups excluding carboxylic acids is 3. The molecule has 0 aromatic heterocycles. The molecule has 1 unspecified atom stereocenters. The number of rotatable bonds is 9. The van der Waals surface area contributed by atoms with Crippen LogP contribution < -0.4 is 16.4 Å². The maximum Gasteiger partial charge on any atom is 0.254 e. The lowest BCUT2D eigenvalue weighted by atomic mass is 10.0. The summed E-state index contributed by atoms with van der Waals surface area (Å²) < 4.78 is 13.3.